The van der Waals surface area contributed by atoms with Gasteiger partial charge in [-0.15, -0.1) is 0 Å². The van der Waals surface area contributed by atoms with E-state index in [0.29, 0.717) is 17.0 Å². The van der Waals surface area contributed by atoms with Crippen molar-refractivity contribution in [3.8, 4) is 5.75 Å². The smallest absolute Gasteiger partial charge is 0.276 e. The third-order valence-corrected chi connectivity index (χ3v) is 4.09. The monoisotopic (exact) mass is 394 g/mol. The molecule has 1 amide bonds. The predicted molar refractivity (Wildman–Crippen MR) is 106 cm³/mol. The van der Waals surface area contributed by atoms with Gasteiger partial charge >= 0.3 is 0 Å². The Bertz CT molecular complexity index is 1100. The summed E-state index contributed by atoms with van der Waals surface area (Å²) >= 11 is 0. The SMILES string of the molecule is Cc1ccc([N+](=O)[O-])cc1NC(=O)c1ccc(=O)n(CCOc2ccccc2)n1. The molecule has 0 aliphatic heterocycles. The molecule has 3 rings (SSSR count). The summed E-state index contributed by atoms with van der Waals surface area (Å²) in [6.07, 6.45) is 0. The number of aromatic nitrogens is 2. The van der Waals surface area contributed by atoms with E-state index >= 15 is 0 Å². The average molecular weight is 394 g/mol. The van der Waals surface area contributed by atoms with E-state index < -0.39 is 10.8 Å². The maximum Gasteiger partial charge on any atom is 0.276 e. The number of nitrogens with one attached hydrogen (secondary N) is 1. The molecule has 0 atom stereocenters. The van der Waals surface area contributed by atoms with Gasteiger partial charge in [-0.3, -0.25) is 19.7 Å². The van der Waals surface area contributed by atoms with Gasteiger partial charge in [0.15, 0.2) is 0 Å². The minimum atomic E-state index is -0.577. The van der Waals surface area contributed by atoms with Gasteiger partial charge < -0.3 is 10.1 Å². The zero-order valence-corrected chi connectivity index (χ0v) is 15.6. The lowest BCUT2D eigenvalue weighted by Gasteiger charge is -2.10. The Morgan fingerprint density at radius 3 is 2.66 bits per heavy atom. The number of ether oxygens (including phenoxy) is 1. The molecule has 0 aliphatic carbocycles. The second kappa shape index (κ2) is 8.79. The molecule has 9 nitrogen and oxygen atoms in total. The van der Waals surface area contributed by atoms with E-state index in [2.05, 4.69) is 10.4 Å². The molecule has 0 radical (unpaired) electrons. The highest BCUT2D eigenvalue weighted by atomic mass is 16.6. The lowest BCUT2D eigenvalue weighted by atomic mass is 10.1. The number of non-ortho nitro benzene ring substituents is 1. The van der Waals surface area contributed by atoms with Crippen LogP contribution in [0, 0.1) is 17.0 Å². The molecule has 9 heteroatoms. The topological polar surface area (TPSA) is 116 Å². The van der Waals surface area contributed by atoms with Crippen molar-refractivity contribution in [2.24, 2.45) is 0 Å². The van der Waals surface area contributed by atoms with Crippen LogP contribution in [0.4, 0.5) is 11.4 Å². The third-order valence-electron chi connectivity index (χ3n) is 4.09. The van der Waals surface area contributed by atoms with Crippen molar-refractivity contribution in [3.05, 3.63) is 92.4 Å². The zero-order chi connectivity index (χ0) is 20.8. The van der Waals surface area contributed by atoms with Gasteiger partial charge in [-0.1, -0.05) is 24.3 Å². The molecule has 0 saturated heterocycles. The Morgan fingerprint density at radius 2 is 1.93 bits per heavy atom. The molecular formula is C20H18N4O5. The van der Waals surface area contributed by atoms with E-state index in [0.717, 1.165) is 4.68 Å². The second-order valence-electron chi connectivity index (χ2n) is 6.15. The molecule has 0 spiro atoms. The first-order valence-electron chi connectivity index (χ1n) is 8.76. The van der Waals surface area contributed by atoms with Gasteiger partial charge in [-0.2, -0.15) is 5.10 Å². The van der Waals surface area contributed by atoms with Crippen LogP contribution in [0.2, 0.25) is 0 Å². The Balaban J connectivity index is 1.71. The standard InChI is InChI=1S/C20H18N4O5/c1-14-7-8-15(24(27)28)13-18(14)21-20(26)17-9-10-19(25)23(22-17)11-12-29-16-5-3-2-4-6-16/h2-10,13H,11-12H2,1H3,(H,21,26). The average Bonchev–Trinajstić information content (AvgIpc) is 2.71. The molecule has 0 aliphatic rings. The van der Waals surface area contributed by atoms with Crippen molar-refractivity contribution in [3.63, 3.8) is 0 Å². The maximum absolute atomic E-state index is 12.5. The van der Waals surface area contributed by atoms with Crippen LogP contribution in [0.3, 0.4) is 0 Å². The van der Waals surface area contributed by atoms with E-state index in [4.69, 9.17) is 4.74 Å². The molecule has 2 aromatic carbocycles. The number of rotatable bonds is 7. The first-order valence-corrected chi connectivity index (χ1v) is 8.76. The van der Waals surface area contributed by atoms with Gasteiger partial charge in [-0.25, -0.2) is 4.68 Å². The van der Waals surface area contributed by atoms with Gasteiger partial charge in [0.1, 0.15) is 18.1 Å². The van der Waals surface area contributed by atoms with Crippen molar-refractivity contribution < 1.29 is 14.5 Å². The number of benzene rings is 2. The minimum absolute atomic E-state index is 0.00946. The number of hydrogen-bond acceptors (Lipinski definition) is 6. The summed E-state index contributed by atoms with van der Waals surface area (Å²) < 4.78 is 6.69. The lowest BCUT2D eigenvalue weighted by molar-refractivity contribution is -0.384. The molecule has 1 aromatic heterocycles. The van der Waals surface area contributed by atoms with Crippen LogP contribution in [0.5, 0.6) is 5.75 Å². The molecule has 0 bridgehead atoms. The zero-order valence-electron chi connectivity index (χ0n) is 15.6. The van der Waals surface area contributed by atoms with Crippen LogP contribution < -0.4 is 15.6 Å². The highest BCUT2D eigenvalue weighted by molar-refractivity contribution is 6.03. The van der Waals surface area contributed by atoms with E-state index in [9.17, 15) is 19.7 Å². The molecule has 0 unspecified atom stereocenters. The van der Waals surface area contributed by atoms with Crippen LogP contribution in [0.15, 0.2) is 65.5 Å². The number of carbonyl (C=O) groups excluding carboxylic acids is 1. The summed E-state index contributed by atoms with van der Waals surface area (Å²) in [5, 5.41) is 17.6. The van der Waals surface area contributed by atoms with Gasteiger partial charge in [0.25, 0.3) is 17.2 Å². The fourth-order valence-corrected chi connectivity index (χ4v) is 2.54. The number of nitro groups is 1. The highest BCUT2D eigenvalue weighted by Crippen LogP contribution is 2.22. The molecule has 29 heavy (non-hydrogen) atoms. The minimum Gasteiger partial charge on any atom is -0.492 e. The van der Waals surface area contributed by atoms with Crippen molar-refractivity contribution in [1.82, 2.24) is 9.78 Å². The van der Waals surface area contributed by atoms with Crippen molar-refractivity contribution in [1.29, 1.82) is 0 Å². The van der Waals surface area contributed by atoms with Gasteiger partial charge in [0, 0.05) is 18.2 Å². The Kier molecular flexibility index (Phi) is 5.98. The number of carbonyl (C=O) groups is 1. The van der Waals surface area contributed by atoms with Crippen molar-refractivity contribution >= 4 is 17.3 Å². The number of aryl methyl sites for hydroxylation is 1. The van der Waals surface area contributed by atoms with Gasteiger partial charge in [-0.05, 0) is 30.7 Å². The molecule has 148 valence electrons. The number of nitro benzene ring substituents is 1. The van der Waals surface area contributed by atoms with Crippen LogP contribution in [-0.2, 0) is 6.54 Å². The number of para-hydroxylation sites is 1. The molecule has 3 aromatic rings. The van der Waals surface area contributed by atoms with Crippen molar-refractivity contribution in [2.75, 3.05) is 11.9 Å². The van der Waals surface area contributed by atoms with E-state index in [1.165, 1.54) is 24.3 Å². The Labute approximate surface area is 165 Å². The number of nitrogens with zero attached hydrogens (tertiary/aromatic N) is 3. The fraction of sp³-hybridized carbons (Fsp3) is 0.150. The normalized spacial score (nSPS) is 10.4. The van der Waals surface area contributed by atoms with Gasteiger partial charge in [0.05, 0.1) is 17.2 Å². The van der Waals surface area contributed by atoms with Crippen LogP contribution in [-0.4, -0.2) is 27.2 Å². The number of amides is 1. The molecule has 1 heterocycles. The summed E-state index contributed by atoms with van der Waals surface area (Å²) in [6, 6.07) is 15.8. The van der Waals surface area contributed by atoms with E-state index in [1.807, 2.05) is 18.2 Å². The van der Waals surface area contributed by atoms with E-state index in [1.54, 1.807) is 25.1 Å². The van der Waals surface area contributed by atoms with Crippen LogP contribution in [0.25, 0.3) is 0 Å². The van der Waals surface area contributed by atoms with E-state index in [-0.39, 0.29) is 30.1 Å². The summed E-state index contributed by atoms with van der Waals surface area (Å²) in [5.74, 6) is 0.0851. The van der Waals surface area contributed by atoms with Crippen molar-refractivity contribution in [2.45, 2.75) is 13.5 Å². The van der Waals surface area contributed by atoms with Gasteiger partial charge in [0.2, 0.25) is 0 Å². The van der Waals surface area contributed by atoms with Crippen LogP contribution in [0.1, 0.15) is 16.1 Å². The lowest BCUT2D eigenvalue weighted by Crippen LogP contribution is -2.28. The number of anilines is 1. The second-order valence-corrected chi connectivity index (χ2v) is 6.15. The molecular weight excluding hydrogens is 376 g/mol. The maximum atomic E-state index is 12.5. The summed E-state index contributed by atoms with van der Waals surface area (Å²) in [5.41, 5.74) is 0.464. The number of hydrogen-bond donors (Lipinski definition) is 1. The first-order chi connectivity index (χ1) is 13.9. The largest absolute Gasteiger partial charge is 0.492 e. The van der Waals surface area contributed by atoms with Crippen LogP contribution >= 0.6 is 0 Å². The highest BCUT2D eigenvalue weighted by Gasteiger charge is 2.14. The fourth-order valence-electron chi connectivity index (χ4n) is 2.54. The third kappa shape index (κ3) is 5.04. The molecule has 0 fully saturated rings. The Hall–Kier alpha value is -4.01. The quantitative estimate of drug-likeness (QED) is 0.486. The molecule has 0 saturated carbocycles. The molecule has 1 N–H and O–H groups in total. The predicted octanol–water partition coefficient (Wildman–Crippen LogP) is 2.79. The summed E-state index contributed by atoms with van der Waals surface area (Å²) in [7, 11) is 0. The summed E-state index contributed by atoms with van der Waals surface area (Å²) in [4.78, 5) is 34.9. The first kappa shape index (κ1) is 19.7. The Morgan fingerprint density at radius 1 is 1.17 bits per heavy atom. The summed E-state index contributed by atoms with van der Waals surface area (Å²) in [6.45, 7) is 2.07.